The van der Waals surface area contributed by atoms with Gasteiger partial charge in [-0.3, -0.25) is 4.98 Å². The van der Waals surface area contributed by atoms with Crippen molar-refractivity contribution in [2.24, 2.45) is 5.73 Å². The molecule has 1 heterocycles. The molecule has 1 aromatic carbocycles. The molecule has 0 spiro atoms. The van der Waals surface area contributed by atoms with E-state index in [1.54, 1.807) is 6.20 Å². The Kier molecular flexibility index (Phi) is 5.01. The van der Waals surface area contributed by atoms with E-state index in [4.69, 9.17) is 18.0 Å². The van der Waals surface area contributed by atoms with E-state index in [1.807, 2.05) is 30.3 Å². The number of benzene rings is 1. The Labute approximate surface area is 123 Å². The summed E-state index contributed by atoms with van der Waals surface area (Å²) in [5.74, 6) is -0.329. The second-order valence-electron chi connectivity index (χ2n) is 4.48. The molecule has 0 unspecified atom stereocenters. The van der Waals surface area contributed by atoms with E-state index in [0.717, 1.165) is 11.3 Å². The van der Waals surface area contributed by atoms with Gasteiger partial charge < -0.3 is 10.6 Å². The Morgan fingerprint density at radius 1 is 1.25 bits per heavy atom. The number of rotatable bonds is 6. The van der Waals surface area contributed by atoms with Gasteiger partial charge in [-0.15, -0.1) is 0 Å². The third kappa shape index (κ3) is 4.28. The van der Waals surface area contributed by atoms with Crippen molar-refractivity contribution in [3.8, 4) is 0 Å². The topological polar surface area (TPSA) is 42.1 Å². The average molecular weight is 289 g/mol. The van der Waals surface area contributed by atoms with Gasteiger partial charge in [0.15, 0.2) is 0 Å². The highest BCUT2D eigenvalue weighted by Crippen LogP contribution is 2.17. The third-order valence-electron chi connectivity index (χ3n) is 2.88. The number of pyridine rings is 1. The highest BCUT2D eigenvalue weighted by molar-refractivity contribution is 7.80. The van der Waals surface area contributed by atoms with Crippen molar-refractivity contribution in [3.63, 3.8) is 0 Å². The summed E-state index contributed by atoms with van der Waals surface area (Å²) >= 11 is 4.93. The number of nitrogens with zero attached hydrogens (tertiary/aromatic N) is 2. The maximum Gasteiger partial charge on any atom is 0.141 e. The van der Waals surface area contributed by atoms with Crippen LogP contribution in [-0.2, 0) is 6.54 Å². The van der Waals surface area contributed by atoms with E-state index in [1.165, 1.54) is 12.3 Å². The Morgan fingerprint density at radius 3 is 2.65 bits per heavy atom. The van der Waals surface area contributed by atoms with Crippen molar-refractivity contribution in [3.05, 3.63) is 60.2 Å². The molecule has 104 valence electrons. The summed E-state index contributed by atoms with van der Waals surface area (Å²) in [7, 11) is 0. The minimum Gasteiger partial charge on any atom is -0.393 e. The lowest BCUT2D eigenvalue weighted by molar-refractivity contribution is 0.617. The van der Waals surface area contributed by atoms with Crippen molar-refractivity contribution in [2.45, 2.75) is 13.0 Å². The normalized spacial score (nSPS) is 10.2. The van der Waals surface area contributed by atoms with Gasteiger partial charge in [0.05, 0.1) is 11.2 Å². The van der Waals surface area contributed by atoms with E-state index in [0.29, 0.717) is 24.5 Å². The lowest BCUT2D eigenvalue weighted by Gasteiger charge is -2.24. The minimum atomic E-state index is -0.329. The first-order valence-corrected chi connectivity index (χ1v) is 6.73. The second kappa shape index (κ2) is 6.96. The van der Waals surface area contributed by atoms with Gasteiger partial charge >= 0.3 is 0 Å². The summed E-state index contributed by atoms with van der Waals surface area (Å²) in [6.45, 7) is 1.26. The first-order chi connectivity index (χ1) is 9.65. The fourth-order valence-corrected chi connectivity index (χ4v) is 2.04. The van der Waals surface area contributed by atoms with E-state index in [2.05, 4.69) is 9.88 Å². The summed E-state index contributed by atoms with van der Waals surface area (Å²) in [4.78, 5) is 6.46. The van der Waals surface area contributed by atoms with Crippen LogP contribution in [0.1, 0.15) is 12.0 Å². The molecular weight excluding hydrogens is 273 g/mol. The van der Waals surface area contributed by atoms with Crippen LogP contribution >= 0.6 is 12.2 Å². The Morgan fingerprint density at radius 2 is 2.00 bits per heavy atom. The number of hydrogen-bond donors (Lipinski definition) is 1. The lowest BCUT2D eigenvalue weighted by atomic mass is 10.2. The van der Waals surface area contributed by atoms with Crippen LogP contribution in [0.25, 0.3) is 0 Å². The zero-order valence-electron chi connectivity index (χ0n) is 11.0. The molecule has 20 heavy (non-hydrogen) atoms. The summed E-state index contributed by atoms with van der Waals surface area (Å²) in [5, 5.41) is 0. The number of aromatic nitrogens is 1. The predicted octanol–water partition coefficient (Wildman–Crippen LogP) is 2.90. The number of hydrogen-bond acceptors (Lipinski definition) is 3. The standard InChI is InChI=1S/C15H16FN3S/c16-13-8-12(9-18-10-13)11-19(7-6-15(17)20)14-4-2-1-3-5-14/h1-5,8-10H,6-7,11H2,(H2,17,20). The van der Waals surface area contributed by atoms with Gasteiger partial charge in [0.1, 0.15) is 5.82 Å². The zero-order valence-corrected chi connectivity index (χ0v) is 11.8. The van der Waals surface area contributed by atoms with Crippen LogP contribution in [0.3, 0.4) is 0 Å². The van der Waals surface area contributed by atoms with Crippen molar-refractivity contribution >= 4 is 22.9 Å². The smallest absolute Gasteiger partial charge is 0.141 e. The van der Waals surface area contributed by atoms with E-state index >= 15 is 0 Å². The lowest BCUT2D eigenvalue weighted by Crippen LogP contribution is -2.27. The second-order valence-corrected chi connectivity index (χ2v) is 5.01. The maximum atomic E-state index is 13.2. The fourth-order valence-electron chi connectivity index (χ4n) is 1.95. The highest BCUT2D eigenvalue weighted by atomic mass is 32.1. The van der Waals surface area contributed by atoms with Crippen molar-refractivity contribution in [2.75, 3.05) is 11.4 Å². The number of nitrogens with two attached hydrogens (primary N) is 1. The molecule has 0 atom stereocenters. The first-order valence-electron chi connectivity index (χ1n) is 6.33. The molecule has 0 saturated carbocycles. The van der Waals surface area contributed by atoms with Crippen LogP contribution in [0.4, 0.5) is 10.1 Å². The van der Waals surface area contributed by atoms with E-state index < -0.39 is 0 Å². The molecule has 0 aliphatic carbocycles. The molecule has 2 aromatic rings. The molecule has 0 aliphatic rings. The van der Waals surface area contributed by atoms with Crippen LogP contribution < -0.4 is 10.6 Å². The largest absolute Gasteiger partial charge is 0.393 e. The van der Waals surface area contributed by atoms with Gasteiger partial charge in [0, 0.05) is 31.4 Å². The SMILES string of the molecule is NC(=S)CCN(Cc1cncc(F)c1)c1ccccc1. The molecular formula is C15H16FN3S. The quantitative estimate of drug-likeness (QED) is 0.830. The molecule has 0 saturated heterocycles. The average Bonchev–Trinajstić information content (AvgIpc) is 2.44. The van der Waals surface area contributed by atoms with Gasteiger partial charge in [0.25, 0.3) is 0 Å². The van der Waals surface area contributed by atoms with Crippen molar-refractivity contribution < 1.29 is 4.39 Å². The molecule has 0 radical (unpaired) electrons. The number of anilines is 1. The van der Waals surface area contributed by atoms with E-state index in [-0.39, 0.29) is 5.82 Å². The van der Waals surface area contributed by atoms with Gasteiger partial charge in [0.2, 0.25) is 0 Å². The third-order valence-corrected chi connectivity index (χ3v) is 3.09. The number of thiocarbonyl (C=S) groups is 1. The summed E-state index contributed by atoms with van der Waals surface area (Å²) in [6.07, 6.45) is 3.48. The van der Waals surface area contributed by atoms with Crippen LogP contribution in [0.2, 0.25) is 0 Å². The maximum absolute atomic E-state index is 13.2. The van der Waals surface area contributed by atoms with E-state index in [9.17, 15) is 4.39 Å². The van der Waals surface area contributed by atoms with Crippen molar-refractivity contribution in [1.29, 1.82) is 0 Å². The molecule has 0 aliphatic heterocycles. The molecule has 0 amide bonds. The molecule has 0 bridgehead atoms. The predicted molar refractivity (Wildman–Crippen MR) is 83.1 cm³/mol. The minimum absolute atomic E-state index is 0.329. The summed E-state index contributed by atoms with van der Waals surface area (Å²) < 4.78 is 13.2. The number of halogens is 1. The van der Waals surface area contributed by atoms with Gasteiger partial charge in [-0.1, -0.05) is 30.4 Å². The molecule has 0 fully saturated rings. The monoisotopic (exact) mass is 289 g/mol. The Hall–Kier alpha value is -2.01. The summed E-state index contributed by atoms with van der Waals surface area (Å²) in [5.41, 5.74) is 7.43. The Balaban J connectivity index is 2.16. The first kappa shape index (κ1) is 14.4. The van der Waals surface area contributed by atoms with Gasteiger partial charge in [-0.25, -0.2) is 4.39 Å². The molecule has 2 N–H and O–H groups in total. The van der Waals surface area contributed by atoms with Crippen LogP contribution in [-0.4, -0.2) is 16.5 Å². The van der Waals surface area contributed by atoms with Crippen LogP contribution in [0, 0.1) is 5.82 Å². The fraction of sp³-hybridized carbons (Fsp3) is 0.200. The van der Waals surface area contributed by atoms with Crippen LogP contribution in [0.15, 0.2) is 48.8 Å². The molecule has 3 nitrogen and oxygen atoms in total. The highest BCUT2D eigenvalue weighted by Gasteiger charge is 2.08. The number of para-hydroxylation sites is 1. The van der Waals surface area contributed by atoms with Crippen LogP contribution in [0.5, 0.6) is 0 Å². The molecule has 5 heteroatoms. The van der Waals surface area contributed by atoms with Gasteiger partial charge in [-0.05, 0) is 23.8 Å². The molecule has 2 rings (SSSR count). The Bertz CT molecular complexity index is 574. The molecule has 1 aromatic heterocycles. The summed E-state index contributed by atoms with van der Waals surface area (Å²) in [6, 6.07) is 11.4. The van der Waals surface area contributed by atoms with Gasteiger partial charge in [-0.2, -0.15) is 0 Å². The van der Waals surface area contributed by atoms with Crippen molar-refractivity contribution in [1.82, 2.24) is 4.98 Å². The zero-order chi connectivity index (χ0) is 14.4.